The zero-order valence-corrected chi connectivity index (χ0v) is 21.2. The molecular weight excluding hydrogens is 452 g/mol. The lowest BCUT2D eigenvalue weighted by Gasteiger charge is -2.29. The lowest BCUT2D eigenvalue weighted by molar-refractivity contribution is -0.127. The summed E-state index contributed by atoms with van der Waals surface area (Å²) in [6.45, 7) is 9.00. The maximum absolute atomic E-state index is 13.7. The van der Waals surface area contributed by atoms with Crippen molar-refractivity contribution in [3.05, 3.63) is 77.9 Å². The fourth-order valence-corrected chi connectivity index (χ4v) is 4.74. The van der Waals surface area contributed by atoms with Gasteiger partial charge in [-0.25, -0.2) is 0 Å². The number of para-hydroxylation sites is 2. The first kappa shape index (κ1) is 23.9. The van der Waals surface area contributed by atoms with E-state index in [1.807, 2.05) is 85.5 Å². The van der Waals surface area contributed by atoms with E-state index < -0.39 is 11.3 Å². The van der Waals surface area contributed by atoms with E-state index in [2.05, 4.69) is 19.2 Å². The molecule has 5 rings (SSSR count). The minimum Gasteiger partial charge on any atom is -0.490 e. The molecular formula is C30H32N2O4. The summed E-state index contributed by atoms with van der Waals surface area (Å²) in [5.41, 5.74) is 2.31. The molecule has 2 aliphatic heterocycles. The van der Waals surface area contributed by atoms with Gasteiger partial charge in [0.15, 0.2) is 0 Å². The lowest BCUT2D eigenvalue weighted by atomic mass is 9.87. The molecule has 6 heteroatoms. The van der Waals surface area contributed by atoms with Gasteiger partial charge in [0.1, 0.15) is 23.9 Å². The standard InChI is InChI=1S/C30H32N2O4/c1-19(2)15-16-32-23-17-20(13-14-26(23)35-18-30(3,4)29(32)34)31-28(33)27-21-9-5-7-11-24(21)36-25-12-8-6-10-22(25)27/h5-14,17,19,27H,15-16,18H2,1-4H3,(H,31,33). The minimum atomic E-state index is -0.644. The van der Waals surface area contributed by atoms with Gasteiger partial charge in [-0.05, 0) is 56.5 Å². The summed E-state index contributed by atoms with van der Waals surface area (Å²) in [5, 5.41) is 3.10. The van der Waals surface area contributed by atoms with E-state index in [1.165, 1.54) is 0 Å². The summed E-state index contributed by atoms with van der Waals surface area (Å²) in [4.78, 5) is 29.0. The van der Waals surface area contributed by atoms with E-state index in [-0.39, 0.29) is 11.8 Å². The third-order valence-electron chi connectivity index (χ3n) is 6.80. The summed E-state index contributed by atoms with van der Waals surface area (Å²) >= 11 is 0. The Bertz CT molecular complexity index is 1270. The molecule has 0 unspecified atom stereocenters. The van der Waals surface area contributed by atoms with Gasteiger partial charge in [-0.3, -0.25) is 9.59 Å². The van der Waals surface area contributed by atoms with Crippen molar-refractivity contribution in [3.8, 4) is 17.2 Å². The SMILES string of the molecule is CC(C)CCN1C(=O)C(C)(C)COc2ccc(NC(=O)C3c4ccccc4Oc4ccccc43)cc21. The Morgan fingerprint density at radius 2 is 1.64 bits per heavy atom. The molecule has 1 N–H and O–H groups in total. The summed E-state index contributed by atoms with van der Waals surface area (Å²) in [6.07, 6.45) is 0.869. The van der Waals surface area contributed by atoms with Crippen LogP contribution in [0.3, 0.4) is 0 Å². The van der Waals surface area contributed by atoms with Crippen LogP contribution in [0.4, 0.5) is 11.4 Å². The molecule has 0 atom stereocenters. The Labute approximate surface area is 212 Å². The number of amides is 2. The Kier molecular flexibility index (Phi) is 6.20. The van der Waals surface area contributed by atoms with Crippen molar-refractivity contribution in [2.24, 2.45) is 11.3 Å². The third kappa shape index (κ3) is 4.43. The van der Waals surface area contributed by atoms with Crippen molar-refractivity contribution < 1.29 is 19.1 Å². The predicted octanol–water partition coefficient (Wildman–Crippen LogP) is 6.36. The van der Waals surface area contributed by atoms with Crippen molar-refractivity contribution >= 4 is 23.2 Å². The normalized spacial score (nSPS) is 16.2. The maximum atomic E-state index is 13.7. The highest BCUT2D eigenvalue weighted by Gasteiger charge is 2.38. The summed E-state index contributed by atoms with van der Waals surface area (Å²) in [7, 11) is 0. The van der Waals surface area contributed by atoms with Gasteiger partial charge in [0.05, 0.1) is 17.0 Å². The zero-order valence-electron chi connectivity index (χ0n) is 21.2. The fourth-order valence-electron chi connectivity index (χ4n) is 4.74. The maximum Gasteiger partial charge on any atom is 0.236 e. The van der Waals surface area contributed by atoms with Gasteiger partial charge in [-0.15, -0.1) is 0 Å². The molecule has 0 saturated heterocycles. The third-order valence-corrected chi connectivity index (χ3v) is 6.80. The molecule has 0 aromatic heterocycles. The molecule has 2 heterocycles. The first-order chi connectivity index (χ1) is 17.2. The second kappa shape index (κ2) is 9.34. The van der Waals surface area contributed by atoms with Crippen LogP contribution in [0.1, 0.15) is 51.2 Å². The smallest absolute Gasteiger partial charge is 0.236 e. The van der Waals surface area contributed by atoms with Crippen LogP contribution in [-0.2, 0) is 9.59 Å². The van der Waals surface area contributed by atoms with Crippen molar-refractivity contribution in [2.75, 3.05) is 23.4 Å². The molecule has 6 nitrogen and oxygen atoms in total. The van der Waals surface area contributed by atoms with Crippen molar-refractivity contribution in [3.63, 3.8) is 0 Å². The average molecular weight is 485 g/mol. The van der Waals surface area contributed by atoms with Crippen molar-refractivity contribution in [1.29, 1.82) is 0 Å². The molecule has 0 aliphatic carbocycles. The van der Waals surface area contributed by atoms with Crippen molar-refractivity contribution in [1.82, 2.24) is 0 Å². The number of nitrogens with zero attached hydrogens (tertiary/aromatic N) is 1. The van der Waals surface area contributed by atoms with Crippen LogP contribution in [-0.4, -0.2) is 25.0 Å². The minimum absolute atomic E-state index is 0.0256. The molecule has 0 spiro atoms. The van der Waals surface area contributed by atoms with Crippen LogP contribution in [0, 0.1) is 11.3 Å². The number of ether oxygens (including phenoxy) is 2. The Morgan fingerprint density at radius 1 is 1.00 bits per heavy atom. The summed E-state index contributed by atoms with van der Waals surface area (Å²) in [5.74, 6) is 1.81. The van der Waals surface area contributed by atoms with Crippen LogP contribution in [0.15, 0.2) is 66.7 Å². The monoisotopic (exact) mass is 484 g/mol. The molecule has 3 aromatic carbocycles. The van der Waals surface area contributed by atoms with Crippen LogP contribution >= 0.6 is 0 Å². The van der Waals surface area contributed by atoms with Gasteiger partial charge in [-0.2, -0.15) is 0 Å². The van der Waals surface area contributed by atoms with Gasteiger partial charge in [0.25, 0.3) is 0 Å². The predicted molar refractivity (Wildman–Crippen MR) is 141 cm³/mol. The van der Waals surface area contributed by atoms with Gasteiger partial charge in [-0.1, -0.05) is 50.2 Å². The number of hydrogen-bond acceptors (Lipinski definition) is 4. The second-order valence-electron chi connectivity index (χ2n) is 10.6. The Morgan fingerprint density at radius 3 is 2.28 bits per heavy atom. The van der Waals surface area contributed by atoms with Crippen LogP contribution in [0.25, 0.3) is 0 Å². The highest BCUT2D eigenvalue weighted by molar-refractivity contribution is 6.02. The molecule has 0 bridgehead atoms. The number of carbonyl (C=O) groups excluding carboxylic acids is 2. The van der Waals surface area contributed by atoms with E-state index in [0.29, 0.717) is 47.7 Å². The summed E-state index contributed by atoms with van der Waals surface area (Å²) < 4.78 is 12.1. The highest BCUT2D eigenvalue weighted by atomic mass is 16.5. The average Bonchev–Trinajstić information content (AvgIpc) is 2.95. The first-order valence-corrected chi connectivity index (χ1v) is 12.5. The fraction of sp³-hybridized carbons (Fsp3) is 0.333. The first-order valence-electron chi connectivity index (χ1n) is 12.5. The topological polar surface area (TPSA) is 67.9 Å². The van der Waals surface area contributed by atoms with Gasteiger partial charge < -0.3 is 19.7 Å². The zero-order chi connectivity index (χ0) is 25.4. The highest BCUT2D eigenvalue weighted by Crippen LogP contribution is 2.45. The number of hydrogen-bond donors (Lipinski definition) is 1. The molecule has 2 aliphatic rings. The molecule has 0 radical (unpaired) electrons. The molecule has 2 amide bonds. The van der Waals surface area contributed by atoms with Gasteiger partial charge >= 0.3 is 0 Å². The van der Waals surface area contributed by atoms with Crippen molar-refractivity contribution in [2.45, 2.75) is 40.0 Å². The quantitative estimate of drug-likeness (QED) is 0.458. The van der Waals surface area contributed by atoms with Crippen LogP contribution in [0.2, 0.25) is 0 Å². The van der Waals surface area contributed by atoms with E-state index >= 15 is 0 Å². The second-order valence-corrected chi connectivity index (χ2v) is 10.6. The Hall–Kier alpha value is -3.80. The molecule has 36 heavy (non-hydrogen) atoms. The Balaban J connectivity index is 1.48. The van der Waals surface area contributed by atoms with Crippen LogP contribution < -0.4 is 19.7 Å². The largest absolute Gasteiger partial charge is 0.490 e. The number of nitrogens with one attached hydrogen (secondary N) is 1. The summed E-state index contributed by atoms with van der Waals surface area (Å²) in [6, 6.07) is 20.8. The van der Waals surface area contributed by atoms with E-state index in [9.17, 15) is 9.59 Å². The van der Waals surface area contributed by atoms with Gasteiger partial charge in [0, 0.05) is 23.4 Å². The van der Waals surface area contributed by atoms with Gasteiger partial charge in [0.2, 0.25) is 11.8 Å². The number of fused-ring (bicyclic) bond motifs is 3. The van der Waals surface area contributed by atoms with Crippen LogP contribution in [0.5, 0.6) is 17.2 Å². The number of anilines is 2. The van der Waals surface area contributed by atoms with E-state index in [0.717, 1.165) is 17.5 Å². The molecule has 0 fully saturated rings. The lowest BCUT2D eigenvalue weighted by Crippen LogP contribution is -2.42. The number of carbonyl (C=O) groups is 2. The molecule has 3 aromatic rings. The number of rotatable bonds is 5. The number of benzene rings is 3. The van der Waals surface area contributed by atoms with E-state index in [1.54, 1.807) is 0 Å². The molecule has 186 valence electrons. The molecule has 0 saturated carbocycles. The van der Waals surface area contributed by atoms with E-state index in [4.69, 9.17) is 9.47 Å².